The number of hydrogen-bond donors (Lipinski definition) is 2. The number of carboxylic acid groups (broad SMARTS) is 1. The first-order valence-corrected chi connectivity index (χ1v) is 5.82. The summed E-state index contributed by atoms with van der Waals surface area (Å²) in [6, 6.07) is -0.939. The molecule has 7 heteroatoms. The van der Waals surface area contributed by atoms with Gasteiger partial charge in [0, 0.05) is 25.4 Å². The van der Waals surface area contributed by atoms with E-state index in [0.29, 0.717) is 19.5 Å². The minimum Gasteiger partial charge on any atom is -0.480 e. The van der Waals surface area contributed by atoms with Crippen molar-refractivity contribution in [1.82, 2.24) is 20.0 Å². The van der Waals surface area contributed by atoms with Crippen LogP contribution in [0, 0.1) is 0 Å². The van der Waals surface area contributed by atoms with Crippen molar-refractivity contribution < 1.29 is 14.7 Å². The maximum atomic E-state index is 12.1. The Morgan fingerprint density at radius 2 is 2.44 bits per heavy atom. The van der Waals surface area contributed by atoms with Gasteiger partial charge < -0.3 is 14.9 Å². The normalized spacial score (nSPS) is 18.9. The van der Waals surface area contributed by atoms with Gasteiger partial charge in [-0.15, -0.1) is 0 Å². The molecular formula is C11H16N4O3. The summed E-state index contributed by atoms with van der Waals surface area (Å²) in [6.07, 6.45) is 4.62. The van der Waals surface area contributed by atoms with E-state index in [2.05, 4.69) is 10.2 Å². The molecule has 0 spiro atoms. The standard InChI is InChI=1S/C11H16N4O3/c1-14(7-8-5-12-13-6-8)11(18)15-4-2-3-9(15)10(16)17/h5-6,9H,2-4,7H2,1H3,(H,12,13)(H,16,17). The molecule has 7 nitrogen and oxygen atoms in total. The fourth-order valence-electron chi connectivity index (χ4n) is 2.18. The fourth-order valence-corrected chi connectivity index (χ4v) is 2.18. The zero-order chi connectivity index (χ0) is 13.1. The Balaban J connectivity index is 1.99. The van der Waals surface area contributed by atoms with Gasteiger partial charge >= 0.3 is 12.0 Å². The van der Waals surface area contributed by atoms with E-state index in [9.17, 15) is 9.59 Å². The molecule has 2 heterocycles. The molecule has 1 aliphatic heterocycles. The Kier molecular flexibility index (Phi) is 3.50. The van der Waals surface area contributed by atoms with Crippen LogP contribution in [0.3, 0.4) is 0 Å². The average Bonchev–Trinajstić information content (AvgIpc) is 2.97. The second kappa shape index (κ2) is 5.07. The van der Waals surface area contributed by atoms with Crippen molar-refractivity contribution in [2.75, 3.05) is 13.6 Å². The van der Waals surface area contributed by atoms with Crippen molar-refractivity contribution in [2.45, 2.75) is 25.4 Å². The third kappa shape index (κ3) is 2.44. The van der Waals surface area contributed by atoms with Crippen LogP contribution in [0.25, 0.3) is 0 Å². The van der Waals surface area contributed by atoms with E-state index in [0.717, 1.165) is 12.0 Å². The van der Waals surface area contributed by atoms with Crippen LogP contribution in [0.4, 0.5) is 4.79 Å². The number of likely N-dealkylation sites (tertiary alicyclic amines) is 1. The van der Waals surface area contributed by atoms with Gasteiger partial charge in [0.15, 0.2) is 0 Å². The van der Waals surface area contributed by atoms with Crippen LogP contribution in [-0.4, -0.2) is 56.7 Å². The molecule has 0 radical (unpaired) electrons. The Morgan fingerprint density at radius 1 is 1.67 bits per heavy atom. The lowest BCUT2D eigenvalue weighted by Gasteiger charge is -2.27. The Bertz CT molecular complexity index is 432. The third-order valence-corrected chi connectivity index (χ3v) is 3.08. The summed E-state index contributed by atoms with van der Waals surface area (Å²) in [7, 11) is 1.66. The van der Waals surface area contributed by atoms with Gasteiger partial charge in [0.05, 0.1) is 12.7 Å². The summed E-state index contributed by atoms with van der Waals surface area (Å²) in [5, 5.41) is 15.5. The number of aliphatic carboxylic acids is 1. The number of rotatable bonds is 3. The molecular weight excluding hydrogens is 236 g/mol. The molecule has 0 aromatic carbocycles. The van der Waals surface area contributed by atoms with E-state index < -0.39 is 12.0 Å². The molecule has 1 aliphatic rings. The number of aromatic nitrogens is 2. The zero-order valence-electron chi connectivity index (χ0n) is 10.2. The number of urea groups is 1. The molecule has 1 fully saturated rings. The number of nitrogens with zero attached hydrogens (tertiary/aromatic N) is 3. The van der Waals surface area contributed by atoms with Crippen molar-refractivity contribution in [2.24, 2.45) is 0 Å². The van der Waals surface area contributed by atoms with Crippen LogP contribution >= 0.6 is 0 Å². The number of amides is 2. The average molecular weight is 252 g/mol. The Labute approximate surface area is 104 Å². The van der Waals surface area contributed by atoms with E-state index in [4.69, 9.17) is 5.11 Å². The summed E-state index contributed by atoms with van der Waals surface area (Å²) in [4.78, 5) is 26.1. The number of carboxylic acids is 1. The number of nitrogens with one attached hydrogen (secondary N) is 1. The van der Waals surface area contributed by atoms with E-state index in [-0.39, 0.29) is 6.03 Å². The molecule has 1 aromatic rings. The van der Waals surface area contributed by atoms with Crippen molar-refractivity contribution in [3.63, 3.8) is 0 Å². The zero-order valence-corrected chi connectivity index (χ0v) is 10.2. The predicted octanol–water partition coefficient (Wildman–Crippen LogP) is 0.510. The Hall–Kier alpha value is -2.05. The molecule has 1 unspecified atom stereocenters. The van der Waals surface area contributed by atoms with Crippen LogP contribution in [0.15, 0.2) is 12.4 Å². The summed E-state index contributed by atoms with van der Waals surface area (Å²) < 4.78 is 0. The van der Waals surface area contributed by atoms with Gasteiger partial charge in [-0.25, -0.2) is 9.59 Å². The largest absolute Gasteiger partial charge is 0.480 e. The smallest absolute Gasteiger partial charge is 0.326 e. The van der Waals surface area contributed by atoms with Crippen LogP contribution in [0.2, 0.25) is 0 Å². The van der Waals surface area contributed by atoms with E-state index >= 15 is 0 Å². The number of carbonyl (C=O) groups excluding carboxylic acids is 1. The molecule has 2 rings (SSSR count). The maximum absolute atomic E-state index is 12.1. The van der Waals surface area contributed by atoms with Crippen LogP contribution in [0.5, 0.6) is 0 Å². The fraction of sp³-hybridized carbons (Fsp3) is 0.545. The summed E-state index contributed by atoms with van der Waals surface area (Å²) in [5.74, 6) is -0.933. The van der Waals surface area contributed by atoms with Crippen molar-refractivity contribution in [1.29, 1.82) is 0 Å². The molecule has 1 atom stereocenters. The van der Waals surface area contributed by atoms with Gasteiger partial charge in [-0.3, -0.25) is 5.10 Å². The lowest BCUT2D eigenvalue weighted by Crippen LogP contribution is -2.46. The SMILES string of the molecule is CN(Cc1cn[nH]c1)C(=O)N1CCCC1C(=O)O. The first-order chi connectivity index (χ1) is 8.59. The van der Waals surface area contributed by atoms with Gasteiger partial charge in [-0.2, -0.15) is 5.10 Å². The number of carbonyl (C=O) groups is 2. The topological polar surface area (TPSA) is 89.5 Å². The van der Waals surface area contributed by atoms with Crippen molar-refractivity contribution >= 4 is 12.0 Å². The van der Waals surface area contributed by atoms with E-state index in [1.165, 1.54) is 9.80 Å². The molecule has 0 bridgehead atoms. The monoisotopic (exact) mass is 252 g/mol. The second-order valence-corrected chi connectivity index (χ2v) is 4.43. The molecule has 98 valence electrons. The Morgan fingerprint density at radius 3 is 3.06 bits per heavy atom. The highest BCUT2D eigenvalue weighted by molar-refractivity contribution is 5.83. The quantitative estimate of drug-likeness (QED) is 0.820. The molecule has 2 amide bonds. The lowest BCUT2D eigenvalue weighted by molar-refractivity contribution is -0.141. The molecule has 1 aromatic heterocycles. The third-order valence-electron chi connectivity index (χ3n) is 3.08. The predicted molar refractivity (Wildman–Crippen MR) is 62.8 cm³/mol. The lowest BCUT2D eigenvalue weighted by atomic mass is 10.2. The van der Waals surface area contributed by atoms with Crippen LogP contribution < -0.4 is 0 Å². The number of hydrogen-bond acceptors (Lipinski definition) is 3. The van der Waals surface area contributed by atoms with Gasteiger partial charge in [0.1, 0.15) is 6.04 Å². The van der Waals surface area contributed by atoms with Gasteiger partial charge in [-0.1, -0.05) is 0 Å². The summed E-state index contributed by atoms with van der Waals surface area (Å²) >= 11 is 0. The highest BCUT2D eigenvalue weighted by Gasteiger charge is 2.35. The maximum Gasteiger partial charge on any atom is 0.326 e. The second-order valence-electron chi connectivity index (χ2n) is 4.43. The first-order valence-electron chi connectivity index (χ1n) is 5.82. The summed E-state index contributed by atoms with van der Waals surface area (Å²) in [5.41, 5.74) is 0.886. The first kappa shape index (κ1) is 12.4. The van der Waals surface area contributed by atoms with Gasteiger partial charge in [0.25, 0.3) is 0 Å². The van der Waals surface area contributed by atoms with Crippen molar-refractivity contribution in [3.05, 3.63) is 18.0 Å². The highest BCUT2D eigenvalue weighted by Crippen LogP contribution is 2.19. The number of aromatic amines is 1. The van der Waals surface area contributed by atoms with E-state index in [1.54, 1.807) is 19.4 Å². The molecule has 0 saturated carbocycles. The van der Waals surface area contributed by atoms with E-state index in [1.807, 2.05) is 0 Å². The minimum absolute atomic E-state index is 0.249. The van der Waals surface area contributed by atoms with Crippen molar-refractivity contribution in [3.8, 4) is 0 Å². The molecule has 18 heavy (non-hydrogen) atoms. The minimum atomic E-state index is -0.933. The van der Waals surface area contributed by atoms with Gasteiger partial charge in [-0.05, 0) is 12.8 Å². The van der Waals surface area contributed by atoms with Gasteiger partial charge in [0.2, 0.25) is 0 Å². The molecule has 1 saturated heterocycles. The summed E-state index contributed by atoms with van der Waals surface area (Å²) in [6.45, 7) is 0.920. The molecule has 2 N–H and O–H groups in total. The molecule has 0 aliphatic carbocycles. The number of H-pyrrole nitrogens is 1. The van der Waals surface area contributed by atoms with Crippen LogP contribution in [0.1, 0.15) is 18.4 Å². The highest BCUT2D eigenvalue weighted by atomic mass is 16.4. The van der Waals surface area contributed by atoms with Crippen LogP contribution in [-0.2, 0) is 11.3 Å².